The van der Waals surface area contributed by atoms with Crippen molar-refractivity contribution in [3.8, 4) is 10.6 Å². The number of carbonyl (C=O) groups is 1. The van der Waals surface area contributed by atoms with E-state index in [9.17, 15) is 4.79 Å². The molecule has 118 valence electrons. The van der Waals surface area contributed by atoms with Gasteiger partial charge in [0.15, 0.2) is 0 Å². The molecule has 23 heavy (non-hydrogen) atoms. The predicted molar refractivity (Wildman–Crippen MR) is 91.5 cm³/mol. The molecule has 6 heteroatoms. The summed E-state index contributed by atoms with van der Waals surface area (Å²) >= 11 is 1.54. The molecule has 0 unspecified atom stereocenters. The Kier molecular flexibility index (Phi) is 3.83. The Morgan fingerprint density at radius 1 is 1.26 bits per heavy atom. The van der Waals surface area contributed by atoms with Crippen LogP contribution in [0.15, 0.2) is 29.9 Å². The van der Waals surface area contributed by atoms with E-state index in [4.69, 9.17) is 0 Å². The number of aromatic amines is 1. The van der Waals surface area contributed by atoms with Crippen LogP contribution in [0.2, 0.25) is 0 Å². The Morgan fingerprint density at radius 2 is 2.13 bits per heavy atom. The lowest BCUT2D eigenvalue weighted by Crippen LogP contribution is -2.36. The molecule has 1 saturated carbocycles. The van der Waals surface area contributed by atoms with Crippen molar-refractivity contribution >= 4 is 28.1 Å². The number of nitrogens with zero attached hydrogens (tertiary/aromatic N) is 2. The lowest BCUT2D eigenvalue weighted by molar-refractivity contribution is 0.0928. The molecule has 2 heterocycles. The standard InChI is InChI=1S/C17H18N4OS/c22-17(19-12-4-2-1-3-5-12)11-6-7-14-13(8-11)16(21-20-14)15-9-18-10-23-15/h6-10,12H,1-5H2,(H,19,22)(H,20,21). The first kappa shape index (κ1) is 14.4. The monoisotopic (exact) mass is 326 g/mol. The van der Waals surface area contributed by atoms with E-state index < -0.39 is 0 Å². The van der Waals surface area contributed by atoms with Gasteiger partial charge in [0.1, 0.15) is 5.69 Å². The third-order valence-electron chi connectivity index (χ3n) is 4.43. The van der Waals surface area contributed by atoms with Gasteiger partial charge in [-0.2, -0.15) is 5.10 Å². The number of aromatic nitrogens is 3. The number of rotatable bonds is 3. The van der Waals surface area contributed by atoms with Crippen LogP contribution in [0.1, 0.15) is 42.5 Å². The lowest BCUT2D eigenvalue weighted by Gasteiger charge is -2.22. The summed E-state index contributed by atoms with van der Waals surface area (Å²) in [6.45, 7) is 0. The molecule has 5 nitrogen and oxygen atoms in total. The number of carbonyl (C=O) groups excluding carboxylic acids is 1. The van der Waals surface area contributed by atoms with Gasteiger partial charge >= 0.3 is 0 Å². The summed E-state index contributed by atoms with van der Waals surface area (Å²) in [4.78, 5) is 17.6. The molecule has 1 amide bonds. The maximum atomic E-state index is 12.5. The van der Waals surface area contributed by atoms with Crippen molar-refractivity contribution < 1.29 is 4.79 Å². The number of fused-ring (bicyclic) bond motifs is 1. The quantitative estimate of drug-likeness (QED) is 0.770. The van der Waals surface area contributed by atoms with Gasteiger partial charge in [-0.25, -0.2) is 0 Å². The average Bonchev–Trinajstić information content (AvgIpc) is 3.24. The Hall–Kier alpha value is -2.21. The number of benzene rings is 1. The van der Waals surface area contributed by atoms with Gasteiger partial charge in [-0.1, -0.05) is 19.3 Å². The van der Waals surface area contributed by atoms with Crippen molar-refractivity contribution in [1.29, 1.82) is 0 Å². The molecule has 2 aromatic heterocycles. The third kappa shape index (κ3) is 2.86. The first-order valence-electron chi connectivity index (χ1n) is 7.99. The maximum absolute atomic E-state index is 12.5. The lowest BCUT2D eigenvalue weighted by atomic mass is 9.95. The summed E-state index contributed by atoms with van der Waals surface area (Å²) < 4.78 is 0. The van der Waals surface area contributed by atoms with E-state index >= 15 is 0 Å². The molecule has 0 spiro atoms. The van der Waals surface area contributed by atoms with Crippen LogP contribution in [0.25, 0.3) is 21.5 Å². The summed E-state index contributed by atoms with van der Waals surface area (Å²) in [5, 5.41) is 11.5. The van der Waals surface area contributed by atoms with Crippen LogP contribution < -0.4 is 5.32 Å². The predicted octanol–water partition coefficient (Wildman–Crippen LogP) is 3.75. The largest absolute Gasteiger partial charge is 0.349 e. The minimum Gasteiger partial charge on any atom is -0.349 e. The van der Waals surface area contributed by atoms with Crippen molar-refractivity contribution in [2.45, 2.75) is 38.1 Å². The second kappa shape index (κ2) is 6.12. The van der Waals surface area contributed by atoms with Crippen molar-refractivity contribution in [2.75, 3.05) is 0 Å². The molecule has 1 aromatic carbocycles. The highest BCUT2D eigenvalue weighted by Crippen LogP contribution is 2.29. The van der Waals surface area contributed by atoms with Crippen LogP contribution in [0.5, 0.6) is 0 Å². The average molecular weight is 326 g/mol. The molecule has 0 saturated heterocycles. The Morgan fingerprint density at radius 3 is 2.91 bits per heavy atom. The smallest absolute Gasteiger partial charge is 0.251 e. The van der Waals surface area contributed by atoms with E-state index in [1.165, 1.54) is 19.3 Å². The zero-order chi connectivity index (χ0) is 15.6. The fourth-order valence-corrected chi connectivity index (χ4v) is 3.82. The van der Waals surface area contributed by atoms with Crippen LogP contribution in [0, 0.1) is 0 Å². The van der Waals surface area contributed by atoms with Crippen LogP contribution in [0.4, 0.5) is 0 Å². The molecule has 1 fully saturated rings. The van der Waals surface area contributed by atoms with Gasteiger partial charge in [-0.3, -0.25) is 14.9 Å². The van der Waals surface area contributed by atoms with Gasteiger partial charge in [-0.05, 0) is 31.0 Å². The second-order valence-electron chi connectivity index (χ2n) is 6.01. The Labute approximate surface area is 138 Å². The molecule has 0 radical (unpaired) electrons. The highest BCUT2D eigenvalue weighted by atomic mass is 32.1. The minimum absolute atomic E-state index is 0.00949. The van der Waals surface area contributed by atoms with E-state index in [1.807, 2.05) is 18.2 Å². The number of amides is 1. The van der Waals surface area contributed by atoms with E-state index in [-0.39, 0.29) is 5.91 Å². The van der Waals surface area contributed by atoms with Crippen LogP contribution >= 0.6 is 11.3 Å². The van der Waals surface area contributed by atoms with E-state index in [0.29, 0.717) is 11.6 Å². The van der Waals surface area contributed by atoms with E-state index in [0.717, 1.165) is 34.3 Å². The molecule has 0 aliphatic heterocycles. The second-order valence-corrected chi connectivity index (χ2v) is 6.89. The highest BCUT2D eigenvalue weighted by molar-refractivity contribution is 7.13. The van der Waals surface area contributed by atoms with Gasteiger partial charge in [0.05, 0.1) is 15.9 Å². The number of hydrogen-bond donors (Lipinski definition) is 2. The highest BCUT2D eigenvalue weighted by Gasteiger charge is 2.18. The van der Waals surface area contributed by atoms with E-state index in [2.05, 4.69) is 20.5 Å². The molecule has 0 bridgehead atoms. The Bertz CT molecular complexity index is 818. The SMILES string of the molecule is O=C(NC1CCCCC1)c1ccc2[nH]nc(-c3cncs3)c2c1. The van der Waals surface area contributed by atoms with Crippen LogP contribution in [-0.2, 0) is 0 Å². The number of thiazole rings is 1. The zero-order valence-corrected chi connectivity index (χ0v) is 13.5. The van der Waals surface area contributed by atoms with Crippen molar-refractivity contribution in [2.24, 2.45) is 0 Å². The van der Waals surface area contributed by atoms with Crippen molar-refractivity contribution in [3.05, 3.63) is 35.5 Å². The van der Waals surface area contributed by atoms with Gasteiger partial charge in [0, 0.05) is 23.2 Å². The van der Waals surface area contributed by atoms with Gasteiger partial charge in [-0.15, -0.1) is 11.3 Å². The molecule has 1 aliphatic rings. The topological polar surface area (TPSA) is 70.7 Å². The van der Waals surface area contributed by atoms with Crippen LogP contribution in [-0.4, -0.2) is 27.1 Å². The third-order valence-corrected chi connectivity index (χ3v) is 5.21. The fraction of sp³-hybridized carbons (Fsp3) is 0.353. The number of hydrogen-bond acceptors (Lipinski definition) is 4. The summed E-state index contributed by atoms with van der Waals surface area (Å²) in [5.74, 6) is 0.00949. The van der Waals surface area contributed by atoms with Gasteiger partial charge < -0.3 is 5.32 Å². The molecular weight excluding hydrogens is 308 g/mol. The molecule has 2 N–H and O–H groups in total. The summed E-state index contributed by atoms with van der Waals surface area (Å²) in [7, 11) is 0. The van der Waals surface area contributed by atoms with Crippen LogP contribution in [0.3, 0.4) is 0 Å². The van der Waals surface area contributed by atoms with Gasteiger partial charge in [0.25, 0.3) is 5.91 Å². The number of nitrogens with one attached hydrogen (secondary N) is 2. The Balaban J connectivity index is 1.62. The van der Waals surface area contributed by atoms with E-state index in [1.54, 1.807) is 23.0 Å². The maximum Gasteiger partial charge on any atom is 0.251 e. The molecule has 1 aliphatic carbocycles. The zero-order valence-electron chi connectivity index (χ0n) is 12.7. The molecule has 3 aromatic rings. The summed E-state index contributed by atoms with van der Waals surface area (Å²) in [6, 6.07) is 6.02. The first-order chi connectivity index (χ1) is 11.3. The van der Waals surface area contributed by atoms with Crippen molar-refractivity contribution in [3.63, 3.8) is 0 Å². The fourth-order valence-electron chi connectivity index (χ4n) is 3.19. The first-order valence-corrected chi connectivity index (χ1v) is 8.87. The normalized spacial score (nSPS) is 15.8. The number of H-pyrrole nitrogens is 1. The summed E-state index contributed by atoms with van der Waals surface area (Å²) in [5.41, 5.74) is 4.27. The molecule has 4 rings (SSSR count). The molecular formula is C17H18N4OS. The summed E-state index contributed by atoms with van der Waals surface area (Å²) in [6.07, 6.45) is 7.68. The molecule has 0 atom stereocenters. The van der Waals surface area contributed by atoms with Crippen molar-refractivity contribution in [1.82, 2.24) is 20.5 Å². The van der Waals surface area contributed by atoms with Gasteiger partial charge in [0.2, 0.25) is 0 Å². The minimum atomic E-state index is 0.00949.